The predicted molar refractivity (Wildman–Crippen MR) is 62.3 cm³/mol. The standard InChI is InChI=1S/C11H11N3O2/c1-6-4-9(14(15)16)5-8-3-7(2)11(12)13-10(6)8/h3-5H,1-2H3,(H2,12,13). The number of nitrogens with two attached hydrogens (primary N) is 1. The third-order valence-corrected chi connectivity index (χ3v) is 2.53. The van der Waals surface area contributed by atoms with Gasteiger partial charge in [0.05, 0.1) is 10.4 Å². The molecule has 0 aliphatic carbocycles. The summed E-state index contributed by atoms with van der Waals surface area (Å²) in [6.07, 6.45) is 0. The van der Waals surface area contributed by atoms with E-state index in [1.54, 1.807) is 6.92 Å². The van der Waals surface area contributed by atoms with Gasteiger partial charge in [0, 0.05) is 17.5 Å². The van der Waals surface area contributed by atoms with Crippen LogP contribution in [0.1, 0.15) is 11.1 Å². The second kappa shape index (κ2) is 3.44. The summed E-state index contributed by atoms with van der Waals surface area (Å²) in [5, 5.41) is 11.5. The van der Waals surface area contributed by atoms with Gasteiger partial charge in [-0.3, -0.25) is 10.1 Å². The number of aromatic nitrogens is 1. The van der Waals surface area contributed by atoms with Crippen molar-refractivity contribution in [3.05, 3.63) is 39.4 Å². The number of non-ortho nitro benzene ring substituents is 1. The molecule has 1 aromatic carbocycles. The van der Waals surface area contributed by atoms with E-state index in [9.17, 15) is 10.1 Å². The minimum absolute atomic E-state index is 0.0796. The average molecular weight is 217 g/mol. The first-order valence-electron chi connectivity index (χ1n) is 4.81. The van der Waals surface area contributed by atoms with Crippen molar-refractivity contribution < 1.29 is 4.92 Å². The third-order valence-electron chi connectivity index (χ3n) is 2.53. The monoisotopic (exact) mass is 217 g/mol. The number of nitrogens with zero attached hydrogens (tertiary/aromatic N) is 2. The molecule has 16 heavy (non-hydrogen) atoms. The molecule has 0 unspecified atom stereocenters. The molecule has 0 spiro atoms. The first-order chi connectivity index (χ1) is 7.49. The van der Waals surface area contributed by atoms with E-state index in [1.165, 1.54) is 12.1 Å². The summed E-state index contributed by atoms with van der Waals surface area (Å²) in [7, 11) is 0. The normalized spacial score (nSPS) is 10.6. The van der Waals surface area contributed by atoms with Crippen molar-refractivity contribution >= 4 is 22.4 Å². The molecule has 1 aromatic heterocycles. The van der Waals surface area contributed by atoms with Crippen molar-refractivity contribution in [2.75, 3.05) is 5.73 Å². The van der Waals surface area contributed by atoms with Crippen molar-refractivity contribution in [1.82, 2.24) is 4.98 Å². The molecular formula is C11H11N3O2. The zero-order valence-electron chi connectivity index (χ0n) is 9.02. The molecule has 0 saturated carbocycles. The second-order valence-corrected chi connectivity index (χ2v) is 3.78. The number of benzene rings is 1. The highest BCUT2D eigenvalue weighted by atomic mass is 16.6. The van der Waals surface area contributed by atoms with E-state index in [4.69, 9.17) is 5.73 Å². The summed E-state index contributed by atoms with van der Waals surface area (Å²) < 4.78 is 0. The summed E-state index contributed by atoms with van der Waals surface area (Å²) in [6.45, 7) is 3.62. The number of nitro groups is 1. The smallest absolute Gasteiger partial charge is 0.270 e. The molecule has 0 aliphatic rings. The van der Waals surface area contributed by atoms with Crippen LogP contribution in [0.15, 0.2) is 18.2 Å². The molecule has 0 atom stereocenters. The number of pyridine rings is 1. The van der Waals surface area contributed by atoms with E-state index in [0.29, 0.717) is 11.3 Å². The van der Waals surface area contributed by atoms with Crippen LogP contribution in [0.5, 0.6) is 0 Å². The number of fused-ring (bicyclic) bond motifs is 1. The van der Waals surface area contributed by atoms with Gasteiger partial charge < -0.3 is 5.73 Å². The highest BCUT2D eigenvalue weighted by Crippen LogP contribution is 2.25. The Hall–Kier alpha value is -2.17. The van der Waals surface area contributed by atoms with Crippen molar-refractivity contribution in [3.63, 3.8) is 0 Å². The van der Waals surface area contributed by atoms with Crippen LogP contribution in [0.25, 0.3) is 10.9 Å². The highest BCUT2D eigenvalue weighted by molar-refractivity contribution is 5.86. The highest BCUT2D eigenvalue weighted by Gasteiger charge is 2.11. The van der Waals surface area contributed by atoms with Gasteiger partial charge in [-0.1, -0.05) is 0 Å². The number of anilines is 1. The van der Waals surface area contributed by atoms with Crippen LogP contribution in [0.3, 0.4) is 0 Å². The van der Waals surface area contributed by atoms with E-state index in [2.05, 4.69) is 4.98 Å². The molecule has 5 nitrogen and oxygen atoms in total. The first-order valence-corrected chi connectivity index (χ1v) is 4.81. The molecule has 0 fully saturated rings. The molecule has 2 aromatic rings. The maximum atomic E-state index is 10.7. The van der Waals surface area contributed by atoms with Crippen LogP contribution < -0.4 is 5.73 Å². The van der Waals surface area contributed by atoms with Crippen molar-refractivity contribution in [2.45, 2.75) is 13.8 Å². The Morgan fingerprint density at radius 1 is 1.25 bits per heavy atom. The van der Waals surface area contributed by atoms with Crippen molar-refractivity contribution in [3.8, 4) is 0 Å². The first kappa shape index (κ1) is 10.4. The van der Waals surface area contributed by atoms with Gasteiger partial charge in [0.1, 0.15) is 5.82 Å². The van der Waals surface area contributed by atoms with Crippen LogP contribution in [-0.4, -0.2) is 9.91 Å². The van der Waals surface area contributed by atoms with Crippen molar-refractivity contribution in [1.29, 1.82) is 0 Å². The van der Waals surface area contributed by atoms with Gasteiger partial charge >= 0.3 is 0 Å². The molecule has 0 aliphatic heterocycles. The fourth-order valence-electron chi connectivity index (χ4n) is 1.67. The lowest BCUT2D eigenvalue weighted by atomic mass is 10.1. The average Bonchev–Trinajstić information content (AvgIpc) is 2.20. The largest absolute Gasteiger partial charge is 0.383 e. The Morgan fingerprint density at radius 2 is 1.94 bits per heavy atom. The number of aryl methyl sites for hydroxylation is 2. The minimum atomic E-state index is -0.405. The van der Waals surface area contributed by atoms with Gasteiger partial charge in [-0.2, -0.15) is 0 Å². The minimum Gasteiger partial charge on any atom is -0.383 e. The van der Waals surface area contributed by atoms with Crippen molar-refractivity contribution in [2.24, 2.45) is 0 Å². The number of hydrogen-bond acceptors (Lipinski definition) is 4. The Balaban J connectivity index is 2.82. The molecule has 2 N–H and O–H groups in total. The van der Waals surface area contributed by atoms with Gasteiger partial charge in [-0.25, -0.2) is 4.98 Å². The summed E-state index contributed by atoms with van der Waals surface area (Å²) in [5.41, 5.74) is 8.09. The number of nitrogen functional groups attached to an aromatic ring is 1. The molecule has 82 valence electrons. The van der Waals surface area contributed by atoms with Crippen LogP contribution in [0.4, 0.5) is 11.5 Å². The Labute approximate surface area is 92.1 Å². The summed E-state index contributed by atoms with van der Waals surface area (Å²) in [4.78, 5) is 14.5. The molecule has 5 heteroatoms. The van der Waals surface area contributed by atoms with E-state index >= 15 is 0 Å². The molecule has 2 rings (SSSR count). The van der Waals surface area contributed by atoms with E-state index < -0.39 is 4.92 Å². The molecule has 0 amide bonds. The maximum Gasteiger partial charge on any atom is 0.270 e. The lowest BCUT2D eigenvalue weighted by Crippen LogP contribution is -1.97. The van der Waals surface area contributed by atoms with E-state index in [1.807, 2.05) is 13.0 Å². The SMILES string of the molecule is Cc1cc2cc([N+](=O)[O-])cc(C)c2nc1N. The molecule has 0 radical (unpaired) electrons. The topological polar surface area (TPSA) is 82.0 Å². The molecule has 1 heterocycles. The van der Waals surface area contributed by atoms with Crippen LogP contribution in [0.2, 0.25) is 0 Å². The zero-order chi connectivity index (χ0) is 11.9. The zero-order valence-corrected chi connectivity index (χ0v) is 9.02. The molecule has 0 saturated heterocycles. The van der Waals surface area contributed by atoms with Crippen LogP contribution >= 0.6 is 0 Å². The third kappa shape index (κ3) is 1.56. The summed E-state index contributed by atoms with van der Waals surface area (Å²) >= 11 is 0. The molecular weight excluding hydrogens is 206 g/mol. The van der Waals surface area contributed by atoms with Gasteiger partial charge in [0.15, 0.2) is 0 Å². The van der Waals surface area contributed by atoms with E-state index in [0.717, 1.165) is 16.5 Å². The van der Waals surface area contributed by atoms with E-state index in [-0.39, 0.29) is 5.69 Å². The number of rotatable bonds is 1. The summed E-state index contributed by atoms with van der Waals surface area (Å²) in [6, 6.07) is 4.84. The number of hydrogen-bond donors (Lipinski definition) is 1. The van der Waals surface area contributed by atoms with Gasteiger partial charge in [-0.05, 0) is 31.0 Å². The summed E-state index contributed by atoms with van der Waals surface area (Å²) in [5.74, 6) is 0.462. The molecule has 0 bridgehead atoms. The lowest BCUT2D eigenvalue weighted by Gasteiger charge is -2.05. The Bertz CT molecular complexity index is 593. The Kier molecular flexibility index (Phi) is 2.23. The lowest BCUT2D eigenvalue weighted by molar-refractivity contribution is -0.384. The fraction of sp³-hybridized carbons (Fsp3) is 0.182. The van der Waals surface area contributed by atoms with Gasteiger partial charge in [-0.15, -0.1) is 0 Å². The predicted octanol–water partition coefficient (Wildman–Crippen LogP) is 2.34. The van der Waals surface area contributed by atoms with Gasteiger partial charge in [0.25, 0.3) is 5.69 Å². The van der Waals surface area contributed by atoms with Gasteiger partial charge in [0.2, 0.25) is 0 Å². The second-order valence-electron chi connectivity index (χ2n) is 3.78. The quantitative estimate of drug-likeness (QED) is 0.587. The van der Waals surface area contributed by atoms with Crippen LogP contribution in [0, 0.1) is 24.0 Å². The Morgan fingerprint density at radius 3 is 2.56 bits per heavy atom. The van der Waals surface area contributed by atoms with Crippen LogP contribution in [-0.2, 0) is 0 Å². The fourth-order valence-corrected chi connectivity index (χ4v) is 1.67. The maximum absolute atomic E-state index is 10.7. The number of nitro benzene ring substituents is 1.